The Morgan fingerprint density at radius 2 is 1.60 bits per heavy atom. The molecule has 2 nitrogen and oxygen atoms in total. The minimum atomic E-state index is -0.145. The fraction of sp³-hybridized carbons (Fsp3) is 1.00. The van der Waals surface area contributed by atoms with Crippen molar-refractivity contribution in [2.45, 2.75) is 33.6 Å². The monoisotopic (exact) mass is 147 g/mol. The first kappa shape index (κ1) is 12.6. The highest BCUT2D eigenvalue weighted by atomic mass is 16.5. The van der Waals surface area contributed by atoms with Crippen LogP contribution in [0.3, 0.4) is 0 Å². The zero-order valence-electron chi connectivity index (χ0n) is 7.98. The van der Waals surface area contributed by atoms with E-state index in [2.05, 4.69) is 6.92 Å². The molecule has 0 N–H and O–H groups in total. The van der Waals surface area contributed by atoms with E-state index in [1.165, 1.54) is 0 Å². The van der Waals surface area contributed by atoms with Gasteiger partial charge in [0.1, 0.15) is 0 Å². The predicted octanol–water partition coefficient (Wildman–Crippen LogP) is 2.39. The van der Waals surface area contributed by atoms with Gasteiger partial charge in [-0.05, 0) is 6.42 Å². The van der Waals surface area contributed by atoms with E-state index in [0.29, 0.717) is 0 Å². The van der Waals surface area contributed by atoms with Gasteiger partial charge in [0.2, 0.25) is 0 Å². The highest BCUT2D eigenvalue weighted by molar-refractivity contribution is 4.32. The number of hydrogen-bond donors (Lipinski definition) is 0. The van der Waals surface area contributed by atoms with Crippen molar-refractivity contribution in [3.63, 3.8) is 0 Å². The zero-order valence-corrected chi connectivity index (χ0v) is 7.98. The van der Waals surface area contributed by atoms with Gasteiger partial charge in [-0.15, -0.1) is 0 Å². The van der Waals surface area contributed by atoms with Gasteiger partial charge in [-0.25, -0.2) is 0 Å². The average Bonchev–Trinajstić information content (AvgIpc) is 1.87. The summed E-state index contributed by atoms with van der Waals surface area (Å²) in [6.45, 7) is 6.84. The molecule has 64 valence electrons. The molecule has 0 aliphatic heterocycles. The van der Waals surface area contributed by atoms with Gasteiger partial charge in [-0.2, -0.15) is 0 Å². The number of nitrogens with zero attached hydrogens (tertiary/aromatic N) is 1. The predicted molar refractivity (Wildman–Crippen MR) is 46.6 cm³/mol. The molecule has 0 amide bonds. The molecule has 10 heavy (non-hydrogen) atoms. The highest BCUT2D eigenvalue weighted by Gasteiger charge is 1.97. The molecule has 0 rings (SSSR count). The lowest BCUT2D eigenvalue weighted by Crippen LogP contribution is -2.32. The van der Waals surface area contributed by atoms with Gasteiger partial charge in [-0.1, -0.05) is 27.2 Å². The van der Waals surface area contributed by atoms with Gasteiger partial charge in [0.15, 0.2) is 0 Å². The standard InChI is InChI=1S/C6H15NO.C2H6/c1-4-5-6-7(2,3)8;1-2/h4-6H2,1-3H3;1-2H3. The fourth-order valence-corrected chi connectivity index (χ4v) is 0.539. The summed E-state index contributed by atoms with van der Waals surface area (Å²) in [5, 5.41) is 10.8. The summed E-state index contributed by atoms with van der Waals surface area (Å²) in [5.41, 5.74) is 0. The second-order valence-corrected chi connectivity index (χ2v) is 2.65. The SMILES string of the molecule is CC.CCCC[N+](C)(C)[O-]. The van der Waals surface area contributed by atoms with Gasteiger partial charge >= 0.3 is 0 Å². The summed E-state index contributed by atoms with van der Waals surface area (Å²) in [5.74, 6) is 0. The van der Waals surface area contributed by atoms with Gasteiger partial charge in [0.25, 0.3) is 0 Å². The van der Waals surface area contributed by atoms with Crippen molar-refractivity contribution >= 4 is 0 Å². The Balaban J connectivity index is 0. The molecule has 0 radical (unpaired) electrons. The van der Waals surface area contributed by atoms with Crippen LogP contribution >= 0.6 is 0 Å². The maximum atomic E-state index is 10.8. The van der Waals surface area contributed by atoms with E-state index in [9.17, 15) is 5.21 Å². The van der Waals surface area contributed by atoms with E-state index in [4.69, 9.17) is 0 Å². The second-order valence-electron chi connectivity index (χ2n) is 2.65. The molecule has 0 heterocycles. The van der Waals surface area contributed by atoms with Crippen LogP contribution < -0.4 is 0 Å². The molecule has 0 fully saturated rings. The van der Waals surface area contributed by atoms with Crippen molar-refractivity contribution in [1.82, 2.24) is 0 Å². The molecule has 0 aromatic rings. The van der Waals surface area contributed by atoms with Crippen LogP contribution in [-0.4, -0.2) is 25.3 Å². The molecule has 2 heteroatoms. The smallest absolute Gasteiger partial charge is 0.0779 e. The molecule has 0 bridgehead atoms. The molecular weight excluding hydrogens is 126 g/mol. The Morgan fingerprint density at radius 1 is 1.20 bits per heavy atom. The number of unbranched alkanes of at least 4 members (excludes halogenated alkanes) is 1. The summed E-state index contributed by atoms with van der Waals surface area (Å²) in [4.78, 5) is 0. The first-order chi connectivity index (χ1) is 4.56. The van der Waals surface area contributed by atoms with E-state index in [-0.39, 0.29) is 4.65 Å². The average molecular weight is 147 g/mol. The molecule has 0 unspecified atom stereocenters. The van der Waals surface area contributed by atoms with E-state index in [0.717, 1.165) is 19.4 Å². The number of quaternary nitrogens is 1. The second kappa shape index (κ2) is 7.03. The van der Waals surface area contributed by atoms with Crippen LogP contribution in [0.2, 0.25) is 0 Å². The topological polar surface area (TPSA) is 23.1 Å². The molecule has 0 atom stereocenters. The maximum Gasteiger partial charge on any atom is 0.0779 e. The maximum absolute atomic E-state index is 10.8. The third-order valence-corrected chi connectivity index (χ3v) is 1.05. The fourth-order valence-electron chi connectivity index (χ4n) is 0.539. The number of hydroxylamine groups is 3. The molecule has 0 aromatic carbocycles. The van der Waals surface area contributed by atoms with E-state index in [1.807, 2.05) is 13.8 Å². The van der Waals surface area contributed by atoms with Gasteiger partial charge in [0.05, 0.1) is 20.6 Å². The van der Waals surface area contributed by atoms with Crippen molar-refractivity contribution < 1.29 is 4.65 Å². The minimum Gasteiger partial charge on any atom is -0.633 e. The molecular formula is C8H21NO. The quantitative estimate of drug-likeness (QED) is 0.444. The third kappa shape index (κ3) is 15.7. The first-order valence-corrected chi connectivity index (χ1v) is 4.10. The largest absolute Gasteiger partial charge is 0.633 e. The van der Waals surface area contributed by atoms with Crippen molar-refractivity contribution in [2.24, 2.45) is 0 Å². The highest BCUT2D eigenvalue weighted by Crippen LogP contribution is 1.96. The summed E-state index contributed by atoms with van der Waals surface area (Å²) in [6, 6.07) is 0. The first-order valence-electron chi connectivity index (χ1n) is 4.10. The molecule has 0 aliphatic rings. The van der Waals surface area contributed by atoms with Crippen molar-refractivity contribution in [2.75, 3.05) is 20.6 Å². The number of hydrogen-bond acceptors (Lipinski definition) is 1. The van der Waals surface area contributed by atoms with Crippen molar-refractivity contribution in [3.05, 3.63) is 5.21 Å². The third-order valence-electron chi connectivity index (χ3n) is 1.05. The van der Waals surface area contributed by atoms with Crippen LogP contribution in [0.1, 0.15) is 33.6 Å². The van der Waals surface area contributed by atoms with Crippen LogP contribution in [-0.2, 0) is 0 Å². The Labute approximate surface area is 65.0 Å². The van der Waals surface area contributed by atoms with Crippen LogP contribution in [0.25, 0.3) is 0 Å². The number of rotatable bonds is 3. The summed E-state index contributed by atoms with van der Waals surface area (Å²) in [6.07, 6.45) is 2.15. The van der Waals surface area contributed by atoms with Crippen molar-refractivity contribution in [3.8, 4) is 0 Å². The zero-order chi connectivity index (χ0) is 8.62. The molecule has 0 aromatic heterocycles. The van der Waals surface area contributed by atoms with Gasteiger partial charge in [-0.3, -0.25) is 0 Å². The van der Waals surface area contributed by atoms with E-state index >= 15 is 0 Å². The van der Waals surface area contributed by atoms with Gasteiger partial charge < -0.3 is 9.85 Å². The summed E-state index contributed by atoms with van der Waals surface area (Å²) >= 11 is 0. The Morgan fingerprint density at radius 3 is 1.70 bits per heavy atom. The van der Waals surface area contributed by atoms with Crippen LogP contribution in [0, 0.1) is 5.21 Å². The lowest BCUT2D eigenvalue weighted by Gasteiger charge is -2.33. The summed E-state index contributed by atoms with van der Waals surface area (Å²) in [7, 11) is 3.35. The molecule has 0 saturated carbocycles. The lowest BCUT2D eigenvalue weighted by molar-refractivity contribution is -0.840. The Bertz CT molecular complexity index is 56.8. The molecule has 0 spiro atoms. The van der Waals surface area contributed by atoms with E-state index in [1.54, 1.807) is 14.1 Å². The van der Waals surface area contributed by atoms with Gasteiger partial charge in [0, 0.05) is 0 Å². The molecule has 0 aliphatic carbocycles. The van der Waals surface area contributed by atoms with E-state index < -0.39 is 0 Å². The lowest BCUT2D eigenvalue weighted by atomic mass is 10.3. The van der Waals surface area contributed by atoms with Crippen LogP contribution in [0.4, 0.5) is 0 Å². The minimum absolute atomic E-state index is 0.145. The van der Waals surface area contributed by atoms with Crippen molar-refractivity contribution in [1.29, 1.82) is 0 Å². The normalized spacial score (nSPS) is 10.2. The van der Waals surface area contributed by atoms with Crippen LogP contribution in [0.15, 0.2) is 0 Å². The Kier molecular flexibility index (Phi) is 8.85. The van der Waals surface area contributed by atoms with Crippen LogP contribution in [0.5, 0.6) is 0 Å². The Hall–Kier alpha value is -0.0800. The molecule has 0 saturated heterocycles. The summed E-state index contributed by atoms with van der Waals surface area (Å²) < 4.78 is -0.145.